The molecule has 0 heterocycles. The molecule has 3 heteroatoms. The van der Waals surface area contributed by atoms with Crippen molar-refractivity contribution in [1.82, 2.24) is 0 Å². The standard InChI is InChI=1S/C15H12BrFO/c16-10-4-6-11(7-5-10)18-15-9-8-14(17)12-2-1-3-13(12)15/h4-9H,1-3H2. The third kappa shape index (κ3) is 2.15. The van der Waals surface area contributed by atoms with Crippen LogP contribution in [0.25, 0.3) is 0 Å². The Morgan fingerprint density at radius 3 is 2.44 bits per heavy atom. The summed E-state index contributed by atoms with van der Waals surface area (Å²) in [4.78, 5) is 0. The van der Waals surface area contributed by atoms with Crippen LogP contribution < -0.4 is 4.74 Å². The molecular weight excluding hydrogens is 295 g/mol. The van der Waals surface area contributed by atoms with Crippen LogP contribution in [0.3, 0.4) is 0 Å². The lowest BCUT2D eigenvalue weighted by Gasteiger charge is -2.11. The first-order valence-electron chi connectivity index (χ1n) is 5.98. The highest BCUT2D eigenvalue weighted by Crippen LogP contribution is 2.35. The zero-order valence-electron chi connectivity index (χ0n) is 9.75. The second-order valence-electron chi connectivity index (χ2n) is 4.41. The summed E-state index contributed by atoms with van der Waals surface area (Å²) in [6, 6.07) is 10.9. The molecule has 0 atom stereocenters. The number of hydrogen-bond donors (Lipinski definition) is 0. The number of fused-ring (bicyclic) bond motifs is 1. The summed E-state index contributed by atoms with van der Waals surface area (Å²) in [5.74, 6) is 1.45. The third-order valence-corrected chi connectivity index (χ3v) is 3.75. The van der Waals surface area contributed by atoms with Gasteiger partial charge in [0.05, 0.1) is 0 Å². The maximum Gasteiger partial charge on any atom is 0.131 e. The summed E-state index contributed by atoms with van der Waals surface area (Å²) in [6.45, 7) is 0. The number of benzene rings is 2. The number of hydrogen-bond acceptors (Lipinski definition) is 1. The van der Waals surface area contributed by atoms with Gasteiger partial charge < -0.3 is 4.74 Å². The normalized spacial score (nSPS) is 13.4. The molecule has 0 bridgehead atoms. The van der Waals surface area contributed by atoms with Gasteiger partial charge in [0, 0.05) is 10.0 Å². The van der Waals surface area contributed by atoms with E-state index in [2.05, 4.69) is 15.9 Å². The molecule has 1 nitrogen and oxygen atoms in total. The first-order chi connectivity index (χ1) is 8.74. The molecule has 1 aliphatic rings. The summed E-state index contributed by atoms with van der Waals surface area (Å²) in [5, 5.41) is 0. The van der Waals surface area contributed by atoms with Crippen molar-refractivity contribution in [2.75, 3.05) is 0 Å². The molecule has 92 valence electrons. The summed E-state index contributed by atoms with van der Waals surface area (Å²) in [7, 11) is 0. The molecule has 0 spiro atoms. The average molecular weight is 307 g/mol. The van der Waals surface area contributed by atoms with Gasteiger partial charge in [-0.3, -0.25) is 0 Å². The Kier molecular flexibility index (Phi) is 3.08. The third-order valence-electron chi connectivity index (χ3n) is 3.23. The topological polar surface area (TPSA) is 9.23 Å². The molecule has 0 saturated carbocycles. The molecule has 2 aromatic carbocycles. The zero-order valence-corrected chi connectivity index (χ0v) is 11.3. The predicted octanol–water partition coefficient (Wildman–Crippen LogP) is 4.87. The van der Waals surface area contributed by atoms with E-state index in [0.29, 0.717) is 0 Å². The molecule has 18 heavy (non-hydrogen) atoms. The van der Waals surface area contributed by atoms with Crippen molar-refractivity contribution >= 4 is 15.9 Å². The quantitative estimate of drug-likeness (QED) is 0.769. The molecule has 2 aromatic rings. The van der Waals surface area contributed by atoms with Crippen molar-refractivity contribution in [3.8, 4) is 11.5 Å². The van der Waals surface area contributed by atoms with Gasteiger partial charge >= 0.3 is 0 Å². The van der Waals surface area contributed by atoms with Crippen molar-refractivity contribution in [2.24, 2.45) is 0 Å². The molecule has 0 amide bonds. The number of ether oxygens (including phenoxy) is 1. The van der Waals surface area contributed by atoms with Crippen molar-refractivity contribution in [2.45, 2.75) is 19.3 Å². The fourth-order valence-corrected chi connectivity index (χ4v) is 2.62. The second-order valence-corrected chi connectivity index (χ2v) is 5.33. The minimum Gasteiger partial charge on any atom is -0.457 e. The molecule has 3 rings (SSSR count). The Morgan fingerprint density at radius 2 is 1.67 bits per heavy atom. The lowest BCUT2D eigenvalue weighted by molar-refractivity contribution is 0.474. The molecule has 0 saturated heterocycles. The molecular formula is C15H12BrFO. The molecule has 0 radical (unpaired) electrons. The first kappa shape index (κ1) is 11.7. The van der Waals surface area contributed by atoms with E-state index in [1.165, 1.54) is 6.07 Å². The van der Waals surface area contributed by atoms with Gasteiger partial charge in [0.1, 0.15) is 17.3 Å². The maximum atomic E-state index is 13.6. The van der Waals surface area contributed by atoms with Gasteiger partial charge in [-0.05, 0) is 61.2 Å². The van der Waals surface area contributed by atoms with E-state index < -0.39 is 0 Å². The van der Waals surface area contributed by atoms with Crippen LogP contribution in [0.15, 0.2) is 40.9 Å². The molecule has 1 aliphatic carbocycles. The minimum atomic E-state index is -0.106. The Morgan fingerprint density at radius 1 is 0.944 bits per heavy atom. The van der Waals surface area contributed by atoms with Crippen LogP contribution in [0, 0.1) is 5.82 Å². The van der Waals surface area contributed by atoms with Gasteiger partial charge in [-0.25, -0.2) is 4.39 Å². The van der Waals surface area contributed by atoms with E-state index in [1.54, 1.807) is 6.07 Å². The fourth-order valence-electron chi connectivity index (χ4n) is 2.35. The van der Waals surface area contributed by atoms with Crippen molar-refractivity contribution in [3.63, 3.8) is 0 Å². The Hall–Kier alpha value is -1.35. The van der Waals surface area contributed by atoms with Gasteiger partial charge in [-0.15, -0.1) is 0 Å². The fraction of sp³-hybridized carbons (Fsp3) is 0.200. The van der Waals surface area contributed by atoms with Gasteiger partial charge in [-0.1, -0.05) is 15.9 Å². The monoisotopic (exact) mass is 306 g/mol. The van der Waals surface area contributed by atoms with Crippen LogP contribution in [0.2, 0.25) is 0 Å². The Labute approximate surface area is 114 Å². The first-order valence-corrected chi connectivity index (χ1v) is 6.77. The second kappa shape index (κ2) is 4.73. The summed E-state index contributed by atoms with van der Waals surface area (Å²) < 4.78 is 20.5. The number of halogens is 2. The minimum absolute atomic E-state index is 0.106. The number of rotatable bonds is 2. The highest BCUT2D eigenvalue weighted by molar-refractivity contribution is 9.10. The van der Waals surface area contributed by atoms with Crippen LogP contribution in [0.4, 0.5) is 4.39 Å². The van der Waals surface area contributed by atoms with Crippen LogP contribution in [0.1, 0.15) is 17.5 Å². The van der Waals surface area contributed by atoms with Gasteiger partial charge in [0.25, 0.3) is 0 Å². The predicted molar refractivity (Wildman–Crippen MR) is 72.6 cm³/mol. The molecule has 0 aromatic heterocycles. The molecule has 0 aliphatic heterocycles. The van der Waals surface area contributed by atoms with E-state index >= 15 is 0 Å². The van der Waals surface area contributed by atoms with E-state index in [-0.39, 0.29) is 5.82 Å². The molecule has 0 fully saturated rings. The SMILES string of the molecule is Fc1ccc(Oc2ccc(Br)cc2)c2c1CCC2. The largest absolute Gasteiger partial charge is 0.457 e. The van der Waals surface area contributed by atoms with Gasteiger partial charge in [0.15, 0.2) is 0 Å². The van der Waals surface area contributed by atoms with Crippen LogP contribution in [-0.4, -0.2) is 0 Å². The van der Waals surface area contributed by atoms with Crippen molar-refractivity contribution in [1.29, 1.82) is 0 Å². The lowest BCUT2D eigenvalue weighted by Crippen LogP contribution is -1.94. The Bertz CT molecular complexity index is 578. The van der Waals surface area contributed by atoms with Gasteiger partial charge in [0.2, 0.25) is 0 Å². The summed E-state index contributed by atoms with van der Waals surface area (Å²) >= 11 is 3.39. The van der Waals surface area contributed by atoms with E-state index in [4.69, 9.17) is 4.74 Å². The van der Waals surface area contributed by atoms with Gasteiger partial charge in [-0.2, -0.15) is 0 Å². The van der Waals surface area contributed by atoms with E-state index in [0.717, 1.165) is 46.4 Å². The van der Waals surface area contributed by atoms with Crippen LogP contribution in [-0.2, 0) is 12.8 Å². The zero-order chi connectivity index (χ0) is 12.5. The molecule has 0 N–H and O–H groups in total. The maximum absolute atomic E-state index is 13.6. The average Bonchev–Trinajstić information content (AvgIpc) is 2.86. The summed E-state index contributed by atoms with van der Waals surface area (Å²) in [6.07, 6.45) is 2.73. The lowest BCUT2D eigenvalue weighted by atomic mass is 10.1. The molecule has 0 unspecified atom stereocenters. The van der Waals surface area contributed by atoms with Crippen molar-refractivity contribution in [3.05, 3.63) is 57.8 Å². The highest BCUT2D eigenvalue weighted by atomic mass is 79.9. The van der Waals surface area contributed by atoms with Crippen molar-refractivity contribution < 1.29 is 9.13 Å². The van der Waals surface area contributed by atoms with E-state index in [1.807, 2.05) is 24.3 Å². The van der Waals surface area contributed by atoms with Crippen LogP contribution >= 0.6 is 15.9 Å². The van der Waals surface area contributed by atoms with E-state index in [9.17, 15) is 4.39 Å². The Balaban J connectivity index is 1.94. The summed E-state index contributed by atoms with van der Waals surface area (Å²) in [5.41, 5.74) is 1.85. The van der Waals surface area contributed by atoms with Crippen LogP contribution in [0.5, 0.6) is 11.5 Å². The smallest absolute Gasteiger partial charge is 0.131 e. The highest BCUT2D eigenvalue weighted by Gasteiger charge is 2.19.